The van der Waals surface area contributed by atoms with Gasteiger partial charge in [0.05, 0.1) is 18.7 Å². The van der Waals surface area contributed by atoms with Gasteiger partial charge in [-0.25, -0.2) is 26.4 Å². The van der Waals surface area contributed by atoms with Crippen LogP contribution in [0, 0.1) is 17.5 Å². The van der Waals surface area contributed by atoms with Gasteiger partial charge in [-0.1, -0.05) is 36.4 Å². The minimum absolute atomic E-state index is 0.0110. The average molecular weight is 702 g/mol. The molecule has 0 aliphatic carbocycles. The van der Waals surface area contributed by atoms with Gasteiger partial charge in [-0.2, -0.15) is 4.31 Å². The van der Waals surface area contributed by atoms with Crippen LogP contribution in [0.25, 0.3) is 0 Å². The molecular formula is C33H30F3N3O7S2. The molecule has 10 nitrogen and oxygen atoms in total. The van der Waals surface area contributed by atoms with E-state index in [0.29, 0.717) is 21.7 Å². The van der Waals surface area contributed by atoms with E-state index in [2.05, 4.69) is 5.32 Å². The summed E-state index contributed by atoms with van der Waals surface area (Å²) in [6.07, 6.45) is -3.73. The van der Waals surface area contributed by atoms with Gasteiger partial charge in [0.1, 0.15) is 10.7 Å². The Kier molecular flexibility index (Phi) is 10.6. The molecule has 4 aromatic rings. The number of cyclic esters (lactones) is 1. The number of carbonyl (C=O) groups is 3. The highest BCUT2D eigenvalue weighted by Gasteiger charge is 2.39. The van der Waals surface area contributed by atoms with Gasteiger partial charge in [-0.05, 0) is 60.7 Å². The van der Waals surface area contributed by atoms with Crippen LogP contribution in [0.15, 0.2) is 89.1 Å². The molecule has 1 aromatic heterocycles. The number of thiophene rings is 1. The van der Waals surface area contributed by atoms with Crippen LogP contribution in [0.2, 0.25) is 0 Å². The van der Waals surface area contributed by atoms with Crippen LogP contribution in [-0.4, -0.2) is 67.0 Å². The van der Waals surface area contributed by atoms with Gasteiger partial charge < -0.3 is 15.2 Å². The molecule has 1 saturated heterocycles. The third-order valence-corrected chi connectivity index (χ3v) is 10.4. The van der Waals surface area contributed by atoms with E-state index in [-0.39, 0.29) is 37.4 Å². The second-order valence-corrected chi connectivity index (χ2v) is 14.0. The Morgan fingerprint density at radius 2 is 1.71 bits per heavy atom. The summed E-state index contributed by atoms with van der Waals surface area (Å²) in [4.78, 5) is 38.4. The fraction of sp³-hybridized carbons (Fsp3) is 0.242. The molecule has 2 amide bonds. The summed E-state index contributed by atoms with van der Waals surface area (Å²) >= 11 is 1.18. The summed E-state index contributed by atoms with van der Waals surface area (Å²) < 4.78 is 75.9. The fourth-order valence-electron chi connectivity index (χ4n) is 5.11. The van der Waals surface area contributed by atoms with Crippen molar-refractivity contribution in [3.8, 4) is 0 Å². The number of benzene rings is 3. The Morgan fingerprint density at radius 1 is 1.02 bits per heavy atom. The molecule has 48 heavy (non-hydrogen) atoms. The van der Waals surface area contributed by atoms with Crippen LogP contribution in [0.3, 0.4) is 0 Å². The number of Topliss-reactive ketones (excluding diaryl/α,β-unsaturated/α-hetero) is 1. The summed E-state index contributed by atoms with van der Waals surface area (Å²) in [5, 5.41) is 15.8. The monoisotopic (exact) mass is 701 g/mol. The standard InChI is InChI=1S/C33H30F3N3O7S2/c1-20(40)22-9-11-23(12-10-22)39-19-30(46-33(39)43)32(42)37-28(14-21-6-3-2-4-7-21)29(41)18-38(17-24-8-5-13-47-24)48(44,45)31-16-26(35)25(34)15-27(31)36/h2-13,15-16,28-30,41H,14,17-19H2,1H3,(H,37,42)/t28?,29-,30?/m0/s1. The van der Waals surface area contributed by atoms with E-state index in [1.807, 2.05) is 0 Å². The molecule has 3 atom stereocenters. The van der Waals surface area contributed by atoms with E-state index < -0.39 is 69.2 Å². The molecule has 2 N–H and O–H groups in total. The van der Waals surface area contributed by atoms with Crippen LogP contribution in [0.4, 0.5) is 23.7 Å². The van der Waals surface area contributed by atoms with E-state index >= 15 is 0 Å². The SMILES string of the molecule is CC(=O)c1ccc(N2CC(C(=O)NC(Cc3ccccc3)[C@@H](O)CN(Cc3cccs3)S(=O)(=O)c3cc(F)c(F)cc3F)OC2=O)cc1. The van der Waals surface area contributed by atoms with E-state index in [1.165, 1.54) is 35.3 Å². The van der Waals surface area contributed by atoms with Gasteiger partial charge in [-0.15, -0.1) is 11.3 Å². The zero-order valence-electron chi connectivity index (χ0n) is 25.4. The maximum atomic E-state index is 14.7. The van der Waals surface area contributed by atoms with E-state index in [9.17, 15) is 41.1 Å². The number of ketones is 1. The molecule has 1 fully saturated rings. The van der Waals surface area contributed by atoms with Crippen LogP contribution >= 0.6 is 11.3 Å². The topological polar surface area (TPSA) is 133 Å². The quantitative estimate of drug-likeness (QED) is 0.153. The predicted molar refractivity (Wildman–Crippen MR) is 170 cm³/mol. The number of halogens is 3. The molecule has 0 bridgehead atoms. The second-order valence-electron chi connectivity index (χ2n) is 11.0. The Hall–Kier alpha value is -4.57. The number of nitrogens with zero attached hydrogens (tertiary/aromatic N) is 2. The highest BCUT2D eigenvalue weighted by Crippen LogP contribution is 2.27. The Labute approximate surface area is 278 Å². The van der Waals surface area contributed by atoms with Crippen LogP contribution in [0.1, 0.15) is 27.7 Å². The lowest BCUT2D eigenvalue weighted by atomic mass is 10.0. The number of aliphatic hydroxyl groups is 1. The summed E-state index contributed by atoms with van der Waals surface area (Å²) in [5.41, 5.74) is 1.48. The van der Waals surface area contributed by atoms with Crippen LogP contribution in [0.5, 0.6) is 0 Å². The molecule has 1 aliphatic heterocycles. The lowest BCUT2D eigenvalue weighted by molar-refractivity contribution is -0.129. The number of carbonyl (C=O) groups excluding carboxylic acids is 3. The summed E-state index contributed by atoms with van der Waals surface area (Å²) in [5.74, 6) is -5.60. The second kappa shape index (κ2) is 14.7. The molecule has 5 rings (SSSR count). The lowest BCUT2D eigenvalue weighted by Gasteiger charge is -2.30. The normalized spacial score (nSPS) is 16.1. The van der Waals surface area contributed by atoms with Crippen molar-refractivity contribution in [2.45, 2.75) is 43.0 Å². The van der Waals surface area contributed by atoms with Crippen molar-refractivity contribution in [3.63, 3.8) is 0 Å². The first-order chi connectivity index (χ1) is 22.8. The minimum Gasteiger partial charge on any atom is -0.434 e. The molecule has 3 aromatic carbocycles. The highest BCUT2D eigenvalue weighted by molar-refractivity contribution is 7.89. The molecule has 0 saturated carbocycles. The third kappa shape index (κ3) is 7.93. The Balaban J connectivity index is 1.39. The van der Waals surface area contributed by atoms with Crippen molar-refractivity contribution in [2.24, 2.45) is 0 Å². The maximum Gasteiger partial charge on any atom is 0.415 e. The van der Waals surface area contributed by atoms with Crippen molar-refractivity contribution >= 4 is 44.8 Å². The predicted octanol–water partition coefficient (Wildman–Crippen LogP) is 4.67. The van der Waals surface area contributed by atoms with Crippen molar-refractivity contribution in [1.82, 2.24) is 9.62 Å². The number of nitrogens with one attached hydrogen (secondary N) is 1. The molecule has 15 heteroatoms. The van der Waals surface area contributed by atoms with Gasteiger partial charge in [0.25, 0.3) is 5.91 Å². The highest BCUT2D eigenvalue weighted by atomic mass is 32.2. The number of sulfonamides is 1. The summed E-state index contributed by atoms with van der Waals surface area (Å²) in [6, 6.07) is 17.3. The maximum absolute atomic E-state index is 14.7. The number of amides is 2. The van der Waals surface area contributed by atoms with E-state index in [1.54, 1.807) is 60.0 Å². The third-order valence-electron chi connectivity index (χ3n) is 7.68. The number of hydrogen-bond donors (Lipinski definition) is 2. The molecule has 1 aliphatic rings. The number of ether oxygens (including phenoxy) is 1. The Morgan fingerprint density at radius 3 is 2.35 bits per heavy atom. The number of anilines is 1. The van der Waals surface area contributed by atoms with Crippen molar-refractivity contribution in [3.05, 3.63) is 118 Å². The molecule has 2 unspecified atom stereocenters. The van der Waals surface area contributed by atoms with E-state index in [0.717, 1.165) is 4.31 Å². The van der Waals surface area contributed by atoms with Gasteiger partial charge >= 0.3 is 6.09 Å². The summed E-state index contributed by atoms with van der Waals surface area (Å²) in [7, 11) is -4.86. The fourth-order valence-corrected chi connectivity index (χ4v) is 7.41. The zero-order chi connectivity index (χ0) is 34.6. The van der Waals surface area contributed by atoms with Gasteiger partial charge in [-0.3, -0.25) is 14.5 Å². The smallest absolute Gasteiger partial charge is 0.415 e. The van der Waals surface area contributed by atoms with Crippen molar-refractivity contribution in [2.75, 3.05) is 18.0 Å². The van der Waals surface area contributed by atoms with Crippen LogP contribution < -0.4 is 10.2 Å². The first-order valence-corrected chi connectivity index (χ1v) is 16.9. The molecule has 0 radical (unpaired) electrons. The summed E-state index contributed by atoms with van der Waals surface area (Å²) in [6.45, 7) is 0.179. The molecule has 252 valence electrons. The van der Waals surface area contributed by atoms with Crippen molar-refractivity contribution < 1.29 is 45.8 Å². The van der Waals surface area contributed by atoms with E-state index in [4.69, 9.17) is 4.74 Å². The zero-order valence-corrected chi connectivity index (χ0v) is 27.0. The number of aliphatic hydroxyl groups excluding tert-OH is 1. The van der Waals surface area contributed by atoms with Crippen LogP contribution in [-0.2, 0) is 32.5 Å². The molecule has 2 heterocycles. The molecule has 0 spiro atoms. The lowest BCUT2D eigenvalue weighted by Crippen LogP contribution is -2.53. The number of hydrogen-bond acceptors (Lipinski definition) is 8. The van der Waals surface area contributed by atoms with Gasteiger partial charge in [0.2, 0.25) is 10.0 Å². The first-order valence-electron chi connectivity index (χ1n) is 14.6. The average Bonchev–Trinajstić information content (AvgIpc) is 3.72. The minimum atomic E-state index is -4.86. The first kappa shape index (κ1) is 34.8. The molecular weight excluding hydrogens is 672 g/mol. The number of rotatable bonds is 13. The van der Waals surface area contributed by atoms with Gasteiger partial charge in [0.15, 0.2) is 23.5 Å². The largest absolute Gasteiger partial charge is 0.434 e. The van der Waals surface area contributed by atoms with Crippen molar-refractivity contribution in [1.29, 1.82) is 0 Å². The Bertz CT molecular complexity index is 1890. The van der Waals surface area contributed by atoms with Gasteiger partial charge in [0, 0.05) is 35.3 Å².